The second-order valence-electron chi connectivity index (χ2n) is 6.46. The van der Waals surface area contributed by atoms with Gasteiger partial charge >= 0.3 is 0 Å². The van der Waals surface area contributed by atoms with E-state index in [1.54, 1.807) is 0 Å². The number of quaternary nitrogens is 1. The average Bonchev–Trinajstić information content (AvgIpc) is 2.35. The van der Waals surface area contributed by atoms with Gasteiger partial charge in [-0.15, -0.1) is 0 Å². The quantitative estimate of drug-likeness (QED) is 0.622. The van der Waals surface area contributed by atoms with Crippen LogP contribution < -0.4 is 29.3 Å². The monoisotopic (exact) mass is 391 g/mol. The normalized spacial score (nSPS) is 14.8. The molecule has 0 radical (unpaired) electrons. The molecule has 0 aliphatic carbocycles. The second-order valence-corrected chi connectivity index (χ2v) is 6.46. The van der Waals surface area contributed by atoms with Crippen molar-refractivity contribution >= 4 is 0 Å². The predicted molar refractivity (Wildman–Crippen MR) is 81.0 cm³/mol. The van der Waals surface area contributed by atoms with Gasteiger partial charge in [0.05, 0.1) is 6.04 Å². The van der Waals surface area contributed by atoms with E-state index in [0.29, 0.717) is 6.04 Å². The Kier molecular flexibility index (Phi) is 8.29. The van der Waals surface area contributed by atoms with Crippen molar-refractivity contribution in [1.29, 1.82) is 0 Å². The highest BCUT2D eigenvalue weighted by atomic mass is 127. The summed E-state index contributed by atoms with van der Waals surface area (Å²) < 4.78 is 0. The number of hydrogen-bond donors (Lipinski definition) is 2. The molecule has 0 saturated heterocycles. The zero-order valence-corrected chi connectivity index (χ0v) is 15.6. The van der Waals surface area contributed by atoms with E-state index in [1.807, 2.05) is 30.3 Å². The van der Waals surface area contributed by atoms with Crippen molar-refractivity contribution in [3.05, 3.63) is 35.9 Å². The van der Waals surface area contributed by atoms with Crippen LogP contribution in [0.5, 0.6) is 0 Å². The molecule has 1 aromatic carbocycles. The average molecular weight is 391 g/mol. The van der Waals surface area contributed by atoms with Gasteiger partial charge in [0.25, 0.3) is 0 Å². The van der Waals surface area contributed by atoms with Crippen molar-refractivity contribution in [2.75, 3.05) is 0 Å². The summed E-state index contributed by atoms with van der Waals surface area (Å²) in [5.41, 5.74) is 0.0111. The Balaban J connectivity index is 0.00000361. The van der Waals surface area contributed by atoms with Gasteiger partial charge in [0.15, 0.2) is 0 Å². The van der Waals surface area contributed by atoms with Gasteiger partial charge < -0.3 is 34.4 Å². The van der Waals surface area contributed by atoms with Gasteiger partial charge in [0.1, 0.15) is 11.1 Å². The number of rotatable bonds is 7. The molecule has 0 heterocycles. The number of hydrogen-bond acceptors (Lipinski definition) is 1. The van der Waals surface area contributed by atoms with Gasteiger partial charge in [-0.05, 0) is 39.7 Å². The summed E-state index contributed by atoms with van der Waals surface area (Å²) in [5, 5.41) is 13.6. The summed E-state index contributed by atoms with van der Waals surface area (Å²) in [5.74, 6) is 0. The van der Waals surface area contributed by atoms with Gasteiger partial charge in [0, 0.05) is 0 Å². The molecule has 0 fully saturated rings. The second kappa shape index (κ2) is 8.35. The number of benzene rings is 1. The summed E-state index contributed by atoms with van der Waals surface area (Å²) >= 11 is 0. The number of nitrogens with two attached hydrogens (primary N) is 1. The molecule has 2 nitrogen and oxygen atoms in total. The highest BCUT2D eigenvalue weighted by Gasteiger charge is 2.47. The fraction of sp³-hybridized carbons (Fsp3) is 0.647. The highest BCUT2D eigenvalue weighted by molar-refractivity contribution is 5.25. The van der Waals surface area contributed by atoms with Crippen LogP contribution in [0.3, 0.4) is 0 Å². The van der Waals surface area contributed by atoms with Crippen molar-refractivity contribution in [1.82, 2.24) is 0 Å². The van der Waals surface area contributed by atoms with Crippen LogP contribution in [0.15, 0.2) is 30.3 Å². The van der Waals surface area contributed by atoms with E-state index in [9.17, 15) is 5.11 Å². The van der Waals surface area contributed by atoms with Crippen LogP contribution >= 0.6 is 0 Å². The molecule has 0 aliphatic rings. The molecule has 3 heteroatoms. The van der Waals surface area contributed by atoms with E-state index in [0.717, 1.165) is 24.8 Å². The Morgan fingerprint density at radius 1 is 1.15 bits per heavy atom. The van der Waals surface area contributed by atoms with E-state index in [1.165, 1.54) is 0 Å². The van der Waals surface area contributed by atoms with Crippen LogP contribution in [-0.2, 0) is 5.60 Å². The Hall–Kier alpha value is -0.130. The zero-order chi connectivity index (χ0) is 14.5. The largest absolute Gasteiger partial charge is 1.00 e. The van der Waals surface area contributed by atoms with Gasteiger partial charge in [-0.2, -0.15) is 0 Å². The van der Waals surface area contributed by atoms with Crippen LogP contribution in [-0.4, -0.2) is 16.7 Å². The molecule has 116 valence electrons. The fourth-order valence-electron chi connectivity index (χ4n) is 2.96. The smallest absolute Gasteiger partial charge is 0.143 e. The van der Waals surface area contributed by atoms with Crippen LogP contribution in [0.1, 0.15) is 59.4 Å². The number of halogens is 1. The molecule has 0 aromatic heterocycles. The van der Waals surface area contributed by atoms with Crippen molar-refractivity contribution in [2.45, 2.75) is 71.1 Å². The first kappa shape index (κ1) is 19.9. The van der Waals surface area contributed by atoms with Gasteiger partial charge in [-0.1, -0.05) is 50.1 Å². The lowest BCUT2D eigenvalue weighted by molar-refractivity contribution is -0.762. The van der Waals surface area contributed by atoms with Crippen LogP contribution in [0, 0.1) is 0 Å². The van der Waals surface area contributed by atoms with Gasteiger partial charge in [-0.3, -0.25) is 0 Å². The van der Waals surface area contributed by atoms with E-state index >= 15 is 0 Å². The first-order chi connectivity index (χ1) is 8.83. The molecule has 1 unspecified atom stereocenters. The first-order valence-corrected chi connectivity index (χ1v) is 7.47. The highest BCUT2D eigenvalue weighted by Crippen LogP contribution is 2.35. The van der Waals surface area contributed by atoms with Crippen molar-refractivity contribution in [2.24, 2.45) is 0 Å². The van der Waals surface area contributed by atoms with Crippen LogP contribution in [0.4, 0.5) is 0 Å². The Bertz CT molecular complexity index is 378. The summed E-state index contributed by atoms with van der Waals surface area (Å²) in [7, 11) is 0. The molecule has 0 bridgehead atoms. The van der Waals surface area contributed by atoms with Crippen LogP contribution in [0.2, 0.25) is 0 Å². The lowest BCUT2D eigenvalue weighted by Crippen LogP contribution is -3.02. The maximum Gasteiger partial charge on any atom is 0.143 e. The summed E-state index contributed by atoms with van der Waals surface area (Å²) in [6, 6.07) is 10.6. The molecule has 0 saturated carbocycles. The zero-order valence-electron chi connectivity index (χ0n) is 13.5. The maximum absolute atomic E-state index is 11.4. The minimum Gasteiger partial charge on any atom is -1.00 e. The standard InChI is InChI=1S/C17H29NO.HI/c1-6-7-13-17(19,15-11-9-8-10-12-15)16(4,5)18-14(2)3;/h8-12,14,18-19H,6-7,13H2,1-5H3;1H. The lowest BCUT2D eigenvalue weighted by atomic mass is 9.73. The third-order valence-corrected chi connectivity index (χ3v) is 3.96. The Morgan fingerprint density at radius 3 is 2.15 bits per heavy atom. The molecule has 3 N–H and O–H groups in total. The predicted octanol–water partition coefficient (Wildman–Crippen LogP) is -0.181. The minimum atomic E-state index is -0.783. The SMILES string of the molecule is CCCCC(O)(c1ccccc1)C(C)(C)[NH2+]C(C)C.[I-]. The fourth-order valence-corrected chi connectivity index (χ4v) is 2.96. The molecule has 20 heavy (non-hydrogen) atoms. The van der Waals surface area contributed by atoms with E-state index < -0.39 is 5.60 Å². The molecular formula is C17H30INO. The van der Waals surface area contributed by atoms with E-state index in [4.69, 9.17) is 0 Å². The maximum atomic E-state index is 11.4. The third-order valence-electron chi connectivity index (χ3n) is 3.96. The van der Waals surface area contributed by atoms with Crippen molar-refractivity contribution < 1.29 is 34.4 Å². The molecule has 1 atom stereocenters. The molecular weight excluding hydrogens is 361 g/mol. The molecule has 0 spiro atoms. The molecule has 0 aliphatic heterocycles. The third kappa shape index (κ3) is 4.71. The van der Waals surface area contributed by atoms with Gasteiger partial charge in [0.2, 0.25) is 0 Å². The molecule has 0 amide bonds. The number of aliphatic hydroxyl groups is 1. The topological polar surface area (TPSA) is 36.8 Å². The van der Waals surface area contributed by atoms with Crippen LogP contribution in [0.25, 0.3) is 0 Å². The van der Waals surface area contributed by atoms with Crippen molar-refractivity contribution in [3.63, 3.8) is 0 Å². The Labute approximate surface area is 141 Å². The van der Waals surface area contributed by atoms with E-state index in [-0.39, 0.29) is 29.5 Å². The summed E-state index contributed by atoms with van der Waals surface area (Å²) in [4.78, 5) is 0. The molecule has 1 rings (SSSR count). The molecule has 1 aromatic rings. The van der Waals surface area contributed by atoms with Crippen molar-refractivity contribution in [3.8, 4) is 0 Å². The summed E-state index contributed by atoms with van der Waals surface area (Å²) in [6.07, 6.45) is 2.96. The lowest BCUT2D eigenvalue weighted by Gasteiger charge is -2.42. The minimum absolute atomic E-state index is 0. The number of unbranched alkanes of at least 4 members (excludes halogenated alkanes) is 1. The first-order valence-electron chi connectivity index (χ1n) is 7.47. The summed E-state index contributed by atoms with van der Waals surface area (Å²) in [6.45, 7) is 10.8. The Morgan fingerprint density at radius 2 is 1.70 bits per heavy atom. The van der Waals surface area contributed by atoms with Gasteiger partial charge in [-0.25, -0.2) is 0 Å². The van der Waals surface area contributed by atoms with E-state index in [2.05, 4.69) is 39.9 Å².